The summed E-state index contributed by atoms with van der Waals surface area (Å²) in [5, 5.41) is 0. The third kappa shape index (κ3) is 5.16. The lowest BCUT2D eigenvalue weighted by molar-refractivity contribution is 0.0610. The summed E-state index contributed by atoms with van der Waals surface area (Å²) < 4.78 is 36.1. The second kappa shape index (κ2) is 6.87. The van der Waals surface area contributed by atoms with Gasteiger partial charge in [0.15, 0.2) is 0 Å². The molecule has 0 fully saturated rings. The van der Waals surface area contributed by atoms with E-state index in [-0.39, 0.29) is 11.0 Å². The Kier molecular flexibility index (Phi) is 5.78. The van der Waals surface area contributed by atoms with Gasteiger partial charge >= 0.3 is 0 Å². The highest BCUT2D eigenvalue weighted by molar-refractivity contribution is 7.85. The minimum atomic E-state index is -4.09. The summed E-state index contributed by atoms with van der Waals surface area (Å²) in [5.74, 6) is 0. The summed E-state index contributed by atoms with van der Waals surface area (Å²) in [4.78, 5) is -0.0680. The number of rotatable bonds is 7. The molecule has 1 atom stereocenters. The number of benzene rings is 1. The van der Waals surface area contributed by atoms with Crippen molar-refractivity contribution in [2.45, 2.75) is 44.1 Å². The molecule has 0 aromatic heterocycles. The Morgan fingerprint density at radius 1 is 1.28 bits per heavy atom. The van der Waals surface area contributed by atoms with Crippen LogP contribution in [0.3, 0.4) is 0 Å². The molecule has 0 aliphatic heterocycles. The van der Waals surface area contributed by atoms with E-state index in [0.29, 0.717) is 0 Å². The number of hydrogen-bond donors (Lipinski definition) is 1. The fraction of sp³-hybridized carbons (Fsp3) is 0.538. The molecular formula is C13H20O4S. The fourth-order valence-electron chi connectivity index (χ4n) is 1.60. The number of ether oxygens (including phenoxy) is 1. The van der Waals surface area contributed by atoms with Crippen LogP contribution in [0.5, 0.6) is 0 Å². The van der Waals surface area contributed by atoms with Gasteiger partial charge in [-0.05, 0) is 43.9 Å². The van der Waals surface area contributed by atoms with Crippen LogP contribution in [0, 0.1) is 0 Å². The molecule has 0 saturated carbocycles. The Morgan fingerprint density at radius 2 is 1.89 bits per heavy atom. The SMILES string of the molecule is CCCOC(C)CCc1ccc(S(=O)(=O)O)cc1. The van der Waals surface area contributed by atoms with E-state index in [2.05, 4.69) is 6.92 Å². The molecule has 0 bridgehead atoms. The smallest absolute Gasteiger partial charge is 0.294 e. The van der Waals surface area contributed by atoms with Crippen molar-refractivity contribution >= 4 is 10.1 Å². The summed E-state index contributed by atoms with van der Waals surface area (Å²) in [6.07, 6.45) is 2.93. The molecule has 1 unspecified atom stereocenters. The van der Waals surface area contributed by atoms with Crippen LogP contribution in [0.4, 0.5) is 0 Å². The Labute approximate surface area is 109 Å². The van der Waals surface area contributed by atoms with Crippen molar-refractivity contribution in [3.8, 4) is 0 Å². The average molecular weight is 272 g/mol. The van der Waals surface area contributed by atoms with E-state index in [1.54, 1.807) is 12.1 Å². The van der Waals surface area contributed by atoms with Gasteiger partial charge in [-0.25, -0.2) is 0 Å². The third-order valence-electron chi connectivity index (χ3n) is 2.67. The summed E-state index contributed by atoms with van der Waals surface area (Å²) >= 11 is 0. The molecule has 1 rings (SSSR count). The van der Waals surface area contributed by atoms with Crippen LogP contribution >= 0.6 is 0 Å². The van der Waals surface area contributed by atoms with Gasteiger partial charge in [-0.3, -0.25) is 4.55 Å². The van der Waals surface area contributed by atoms with Crippen LogP contribution in [0.25, 0.3) is 0 Å². The van der Waals surface area contributed by atoms with Crippen LogP contribution in [0.1, 0.15) is 32.3 Å². The molecule has 0 aliphatic carbocycles. The van der Waals surface area contributed by atoms with Gasteiger partial charge in [0, 0.05) is 6.61 Å². The van der Waals surface area contributed by atoms with Crippen molar-refractivity contribution in [1.82, 2.24) is 0 Å². The second-order valence-electron chi connectivity index (χ2n) is 4.34. The normalized spacial score (nSPS) is 13.5. The molecule has 1 aromatic carbocycles. The molecule has 1 aromatic rings. The first-order chi connectivity index (χ1) is 8.43. The zero-order chi connectivity index (χ0) is 13.6. The maximum absolute atomic E-state index is 10.9. The Bertz CT molecular complexity index is 450. The van der Waals surface area contributed by atoms with Crippen molar-refractivity contribution in [2.75, 3.05) is 6.61 Å². The molecular weight excluding hydrogens is 252 g/mol. The van der Waals surface area contributed by atoms with E-state index in [1.165, 1.54) is 12.1 Å². The monoisotopic (exact) mass is 272 g/mol. The zero-order valence-corrected chi connectivity index (χ0v) is 11.6. The van der Waals surface area contributed by atoms with Crippen LogP contribution < -0.4 is 0 Å². The Balaban J connectivity index is 2.49. The lowest BCUT2D eigenvalue weighted by atomic mass is 10.1. The van der Waals surface area contributed by atoms with Gasteiger partial charge in [0.1, 0.15) is 0 Å². The number of hydrogen-bond acceptors (Lipinski definition) is 3. The quantitative estimate of drug-likeness (QED) is 0.775. The molecule has 18 heavy (non-hydrogen) atoms. The minimum Gasteiger partial charge on any atom is -0.379 e. The number of aryl methyl sites for hydroxylation is 1. The molecule has 0 heterocycles. The molecule has 0 radical (unpaired) electrons. The van der Waals surface area contributed by atoms with Gasteiger partial charge < -0.3 is 4.74 Å². The lowest BCUT2D eigenvalue weighted by Crippen LogP contribution is -2.10. The van der Waals surface area contributed by atoms with Crippen LogP contribution in [0.2, 0.25) is 0 Å². The molecule has 0 spiro atoms. The standard InChI is InChI=1S/C13H20O4S/c1-3-10-17-11(2)4-5-12-6-8-13(9-7-12)18(14,15)16/h6-9,11H,3-5,10H2,1-2H3,(H,14,15,16). The minimum absolute atomic E-state index is 0.0680. The van der Waals surface area contributed by atoms with Gasteiger partial charge in [-0.2, -0.15) is 8.42 Å². The van der Waals surface area contributed by atoms with E-state index in [0.717, 1.165) is 31.4 Å². The molecule has 0 aliphatic rings. The van der Waals surface area contributed by atoms with Crippen LogP contribution in [-0.2, 0) is 21.3 Å². The Hall–Kier alpha value is -0.910. The maximum atomic E-state index is 10.9. The lowest BCUT2D eigenvalue weighted by Gasteiger charge is -2.12. The van der Waals surface area contributed by atoms with Gasteiger partial charge in [-0.15, -0.1) is 0 Å². The van der Waals surface area contributed by atoms with E-state index in [4.69, 9.17) is 9.29 Å². The van der Waals surface area contributed by atoms with Gasteiger partial charge in [0.2, 0.25) is 0 Å². The van der Waals surface area contributed by atoms with E-state index in [9.17, 15) is 8.42 Å². The second-order valence-corrected chi connectivity index (χ2v) is 5.76. The zero-order valence-electron chi connectivity index (χ0n) is 10.8. The molecule has 1 N–H and O–H groups in total. The van der Waals surface area contributed by atoms with Crippen LogP contribution in [-0.4, -0.2) is 25.7 Å². The van der Waals surface area contributed by atoms with Crippen molar-refractivity contribution in [1.29, 1.82) is 0 Å². The van der Waals surface area contributed by atoms with E-state index in [1.807, 2.05) is 6.92 Å². The summed E-state index contributed by atoms with van der Waals surface area (Å²) in [6, 6.07) is 6.27. The van der Waals surface area contributed by atoms with E-state index < -0.39 is 10.1 Å². The van der Waals surface area contributed by atoms with Crippen LogP contribution in [0.15, 0.2) is 29.2 Å². The highest BCUT2D eigenvalue weighted by Crippen LogP contribution is 2.12. The summed E-state index contributed by atoms with van der Waals surface area (Å²) in [6.45, 7) is 4.87. The van der Waals surface area contributed by atoms with Crippen molar-refractivity contribution in [3.63, 3.8) is 0 Å². The highest BCUT2D eigenvalue weighted by atomic mass is 32.2. The fourth-order valence-corrected chi connectivity index (χ4v) is 2.08. The predicted molar refractivity (Wildman–Crippen MR) is 70.3 cm³/mol. The average Bonchev–Trinajstić information content (AvgIpc) is 2.33. The maximum Gasteiger partial charge on any atom is 0.294 e. The van der Waals surface area contributed by atoms with Crippen molar-refractivity contribution < 1.29 is 17.7 Å². The molecule has 5 heteroatoms. The first kappa shape index (κ1) is 15.1. The molecule has 4 nitrogen and oxygen atoms in total. The summed E-state index contributed by atoms with van der Waals surface area (Å²) in [7, 11) is -4.09. The van der Waals surface area contributed by atoms with Crippen molar-refractivity contribution in [3.05, 3.63) is 29.8 Å². The largest absolute Gasteiger partial charge is 0.379 e. The summed E-state index contributed by atoms with van der Waals surface area (Å²) in [5.41, 5.74) is 1.04. The van der Waals surface area contributed by atoms with Gasteiger partial charge in [-0.1, -0.05) is 19.1 Å². The molecule has 102 valence electrons. The first-order valence-corrected chi connectivity index (χ1v) is 7.55. The van der Waals surface area contributed by atoms with Gasteiger partial charge in [0.05, 0.1) is 11.0 Å². The first-order valence-electron chi connectivity index (χ1n) is 6.11. The Morgan fingerprint density at radius 3 is 2.39 bits per heavy atom. The van der Waals surface area contributed by atoms with Gasteiger partial charge in [0.25, 0.3) is 10.1 Å². The third-order valence-corrected chi connectivity index (χ3v) is 3.54. The molecule has 0 amide bonds. The van der Waals surface area contributed by atoms with Crippen molar-refractivity contribution in [2.24, 2.45) is 0 Å². The predicted octanol–water partition coefficient (Wildman–Crippen LogP) is 2.68. The van der Waals surface area contributed by atoms with E-state index >= 15 is 0 Å². The molecule has 0 saturated heterocycles. The highest BCUT2D eigenvalue weighted by Gasteiger charge is 2.09. The topological polar surface area (TPSA) is 63.6 Å².